The van der Waals surface area contributed by atoms with Crippen LogP contribution < -0.4 is 10.2 Å². The summed E-state index contributed by atoms with van der Waals surface area (Å²) in [5.41, 5.74) is 2.01. The molecule has 0 spiro atoms. The van der Waals surface area contributed by atoms with Gasteiger partial charge in [-0.2, -0.15) is 0 Å². The first kappa shape index (κ1) is 16.3. The topological polar surface area (TPSA) is 90.0 Å². The lowest BCUT2D eigenvalue weighted by Crippen LogP contribution is -2.44. The van der Waals surface area contributed by atoms with Crippen molar-refractivity contribution in [3.05, 3.63) is 23.8 Å². The van der Waals surface area contributed by atoms with Crippen LogP contribution in [0.3, 0.4) is 0 Å². The Labute approximate surface area is 140 Å². The Balaban J connectivity index is 1.77. The number of rotatable bonds is 2. The van der Waals surface area contributed by atoms with Crippen LogP contribution in [0.5, 0.6) is 0 Å². The molecule has 7 nitrogen and oxygen atoms in total. The minimum Gasteiger partial charge on any atom is -0.481 e. The predicted octanol–water partition coefficient (Wildman–Crippen LogP) is 1.40. The van der Waals surface area contributed by atoms with E-state index in [-0.39, 0.29) is 23.8 Å². The lowest BCUT2D eigenvalue weighted by atomic mass is 9.96. The summed E-state index contributed by atoms with van der Waals surface area (Å²) in [7, 11) is 1.85. The van der Waals surface area contributed by atoms with Gasteiger partial charge in [0.05, 0.1) is 17.3 Å². The van der Waals surface area contributed by atoms with Gasteiger partial charge < -0.3 is 20.2 Å². The number of carboxylic acid groups (broad SMARTS) is 1. The fourth-order valence-corrected chi connectivity index (χ4v) is 3.21. The van der Waals surface area contributed by atoms with E-state index >= 15 is 0 Å². The molecular formula is C17H21N3O4. The molecule has 0 aliphatic carbocycles. The van der Waals surface area contributed by atoms with Gasteiger partial charge in [0, 0.05) is 25.7 Å². The van der Waals surface area contributed by atoms with Crippen molar-refractivity contribution < 1.29 is 19.5 Å². The molecule has 0 radical (unpaired) electrons. The molecule has 1 atom stereocenters. The number of carbonyl (C=O) groups is 3. The van der Waals surface area contributed by atoms with Crippen LogP contribution in [-0.2, 0) is 9.59 Å². The summed E-state index contributed by atoms with van der Waals surface area (Å²) in [6.07, 6.45) is 0.950. The van der Waals surface area contributed by atoms with Crippen molar-refractivity contribution in [2.75, 3.05) is 30.4 Å². The minimum atomic E-state index is -0.796. The highest BCUT2D eigenvalue weighted by atomic mass is 16.4. The van der Waals surface area contributed by atoms with Crippen molar-refractivity contribution in [3.8, 4) is 0 Å². The zero-order chi connectivity index (χ0) is 17.4. The van der Waals surface area contributed by atoms with Gasteiger partial charge in [0.1, 0.15) is 6.04 Å². The molecule has 1 aromatic rings. The SMILES string of the molecule is CC1C(=O)Nc2cc(C(=O)N3CCC(C(=O)O)CC3)ccc2N1C. The Kier molecular flexibility index (Phi) is 4.17. The number of nitrogens with zero attached hydrogens (tertiary/aromatic N) is 2. The minimum absolute atomic E-state index is 0.100. The molecule has 7 heteroatoms. The third kappa shape index (κ3) is 2.81. The molecule has 2 N–H and O–H groups in total. The Bertz CT molecular complexity index is 695. The molecule has 2 aliphatic heterocycles. The van der Waals surface area contributed by atoms with Crippen LogP contribution in [0.15, 0.2) is 18.2 Å². The summed E-state index contributed by atoms with van der Waals surface area (Å²) in [5.74, 6) is -1.39. The average Bonchev–Trinajstić information content (AvgIpc) is 2.58. The summed E-state index contributed by atoms with van der Waals surface area (Å²) in [4.78, 5) is 39.1. The number of likely N-dealkylation sites (tertiary alicyclic amines) is 1. The molecular weight excluding hydrogens is 310 g/mol. The standard InChI is InChI=1S/C17H21N3O4/c1-10-15(21)18-13-9-12(3-4-14(13)19(10)2)16(22)20-7-5-11(6-8-20)17(23)24/h3-4,9-11H,5-8H2,1-2H3,(H,18,21)(H,23,24). The molecule has 2 aliphatic rings. The number of benzene rings is 1. The molecule has 1 unspecified atom stereocenters. The van der Waals surface area contributed by atoms with Crippen molar-refractivity contribution in [3.63, 3.8) is 0 Å². The van der Waals surface area contributed by atoms with Gasteiger partial charge in [-0.25, -0.2) is 0 Å². The van der Waals surface area contributed by atoms with Crippen molar-refractivity contribution in [2.24, 2.45) is 5.92 Å². The molecule has 2 heterocycles. The third-order valence-corrected chi connectivity index (χ3v) is 4.97. The normalized spacial score (nSPS) is 21.2. The first-order valence-corrected chi connectivity index (χ1v) is 8.08. The molecule has 24 heavy (non-hydrogen) atoms. The molecule has 128 valence electrons. The maximum Gasteiger partial charge on any atom is 0.306 e. The lowest BCUT2D eigenvalue weighted by Gasteiger charge is -2.34. The first-order valence-electron chi connectivity index (χ1n) is 8.08. The highest BCUT2D eigenvalue weighted by molar-refractivity contribution is 6.05. The lowest BCUT2D eigenvalue weighted by molar-refractivity contribution is -0.143. The summed E-state index contributed by atoms with van der Waals surface area (Å²) < 4.78 is 0. The average molecular weight is 331 g/mol. The highest BCUT2D eigenvalue weighted by Crippen LogP contribution is 2.32. The van der Waals surface area contributed by atoms with Gasteiger partial charge in [-0.1, -0.05) is 0 Å². The van der Waals surface area contributed by atoms with Crippen molar-refractivity contribution in [2.45, 2.75) is 25.8 Å². The van der Waals surface area contributed by atoms with Crippen molar-refractivity contribution >= 4 is 29.2 Å². The van der Waals surface area contributed by atoms with E-state index in [2.05, 4.69) is 5.32 Å². The fourth-order valence-electron chi connectivity index (χ4n) is 3.21. The Morgan fingerprint density at radius 3 is 2.54 bits per heavy atom. The van der Waals surface area contributed by atoms with E-state index in [1.807, 2.05) is 24.9 Å². The van der Waals surface area contributed by atoms with Gasteiger partial charge in [0.2, 0.25) is 5.91 Å². The molecule has 1 saturated heterocycles. The Morgan fingerprint density at radius 2 is 1.92 bits per heavy atom. The number of fused-ring (bicyclic) bond motifs is 1. The van der Waals surface area contributed by atoms with Gasteiger partial charge in [0.15, 0.2) is 0 Å². The highest BCUT2D eigenvalue weighted by Gasteiger charge is 2.30. The molecule has 1 aromatic carbocycles. The number of aliphatic carboxylic acids is 1. The number of hydrogen-bond donors (Lipinski definition) is 2. The molecule has 0 aromatic heterocycles. The van der Waals surface area contributed by atoms with Crippen LogP contribution in [0.4, 0.5) is 11.4 Å². The maximum absolute atomic E-state index is 12.6. The second-order valence-electron chi connectivity index (χ2n) is 6.41. The number of anilines is 2. The Hall–Kier alpha value is -2.57. The van der Waals surface area contributed by atoms with Gasteiger partial charge in [-0.3, -0.25) is 14.4 Å². The van der Waals surface area contributed by atoms with Gasteiger partial charge in [0.25, 0.3) is 5.91 Å². The predicted molar refractivity (Wildman–Crippen MR) is 89.2 cm³/mol. The quantitative estimate of drug-likeness (QED) is 0.855. The van der Waals surface area contributed by atoms with E-state index in [1.54, 1.807) is 17.0 Å². The Morgan fingerprint density at radius 1 is 1.25 bits per heavy atom. The monoisotopic (exact) mass is 331 g/mol. The van der Waals surface area contributed by atoms with Gasteiger partial charge in [-0.15, -0.1) is 0 Å². The number of piperidine rings is 1. The number of likely N-dealkylation sites (N-methyl/N-ethyl adjacent to an activating group) is 1. The second-order valence-corrected chi connectivity index (χ2v) is 6.41. The first-order chi connectivity index (χ1) is 11.4. The van der Waals surface area contributed by atoms with E-state index in [0.29, 0.717) is 37.2 Å². The number of hydrogen-bond acceptors (Lipinski definition) is 4. The smallest absolute Gasteiger partial charge is 0.306 e. The fraction of sp³-hybridized carbons (Fsp3) is 0.471. The van der Waals surface area contributed by atoms with E-state index in [4.69, 9.17) is 5.11 Å². The largest absolute Gasteiger partial charge is 0.481 e. The maximum atomic E-state index is 12.6. The van der Waals surface area contributed by atoms with Crippen LogP contribution in [0, 0.1) is 5.92 Å². The van der Waals surface area contributed by atoms with Gasteiger partial charge >= 0.3 is 5.97 Å². The number of nitrogens with one attached hydrogen (secondary N) is 1. The van der Waals surface area contributed by atoms with Crippen LogP contribution in [0.2, 0.25) is 0 Å². The zero-order valence-electron chi connectivity index (χ0n) is 13.8. The molecule has 2 amide bonds. The summed E-state index contributed by atoms with van der Waals surface area (Å²) >= 11 is 0. The number of carbonyl (C=O) groups excluding carboxylic acids is 2. The van der Waals surface area contributed by atoms with Crippen molar-refractivity contribution in [1.29, 1.82) is 0 Å². The van der Waals surface area contributed by atoms with Crippen molar-refractivity contribution in [1.82, 2.24) is 4.90 Å². The molecule has 3 rings (SSSR count). The van der Waals surface area contributed by atoms with E-state index in [1.165, 1.54) is 0 Å². The summed E-state index contributed by atoms with van der Waals surface area (Å²) in [6, 6.07) is 5.03. The summed E-state index contributed by atoms with van der Waals surface area (Å²) in [5, 5.41) is 11.9. The number of amides is 2. The molecule has 1 fully saturated rings. The molecule has 0 saturated carbocycles. The van der Waals surface area contributed by atoms with Crippen LogP contribution in [-0.4, -0.2) is 54.0 Å². The second kappa shape index (κ2) is 6.14. The van der Waals surface area contributed by atoms with E-state index < -0.39 is 5.97 Å². The van der Waals surface area contributed by atoms with Gasteiger partial charge in [-0.05, 0) is 38.0 Å². The summed E-state index contributed by atoms with van der Waals surface area (Å²) in [6.45, 7) is 2.70. The van der Waals surface area contributed by atoms with Crippen LogP contribution in [0.25, 0.3) is 0 Å². The zero-order valence-corrected chi connectivity index (χ0v) is 13.8. The molecule has 0 bridgehead atoms. The third-order valence-electron chi connectivity index (χ3n) is 4.97. The van der Waals surface area contributed by atoms with E-state index in [9.17, 15) is 14.4 Å². The number of carboxylic acids is 1. The van der Waals surface area contributed by atoms with E-state index in [0.717, 1.165) is 5.69 Å². The van der Waals surface area contributed by atoms with Crippen LogP contribution in [0.1, 0.15) is 30.1 Å². The van der Waals surface area contributed by atoms with Crippen LogP contribution >= 0.6 is 0 Å².